The lowest BCUT2D eigenvalue weighted by Gasteiger charge is -2.10. The summed E-state index contributed by atoms with van der Waals surface area (Å²) < 4.78 is 33.8. The van der Waals surface area contributed by atoms with E-state index < -0.39 is 11.6 Å². The van der Waals surface area contributed by atoms with Gasteiger partial charge in [-0.2, -0.15) is 0 Å². The molecule has 5 heteroatoms. The van der Waals surface area contributed by atoms with Crippen molar-refractivity contribution in [3.8, 4) is 5.75 Å². The number of hydrogen-bond acceptors (Lipinski definition) is 2. The van der Waals surface area contributed by atoms with Crippen LogP contribution in [0.2, 0.25) is 5.02 Å². The molecule has 1 heterocycles. The maximum Gasteiger partial charge on any atom is 0.135 e. The monoisotopic (exact) mass is 397 g/mol. The predicted molar refractivity (Wildman–Crippen MR) is 107 cm³/mol. The van der Waals surface area contributed by atoms with Gasteiger partial charge in [-0.3, -0.25) is 4.99 Å². The molecular weight excluding hydrogens is 380 g/mol. The zero-order valence-electron chi connectivity index (χ0n) is 15.0. The van der Waals surface area contributed by atoms with Gasteiger partial charge in [0.2, 0.25) is 0 Å². The smallest absolute Gasteiger partial charge is 0.135 e. The second-order valence-corrected chi connectivity index (χ2v) is 7.15. The second kappa shape index (κ2) is 8.11. The number of aliphatic imine (C=N–C) groups is 1. The average Bonchev–Trinajstić information content (AvgIpc) is 3.17. The molecule has 0 bridgehead atoms. The van der Waals surface area contributed by atoms with Crippen LogP contribution in [0.1, 0.15) is 35.6 Å². The molecule has 2 nitrogen and oxygen atoms in total. The largest absolute Gasteiger partial charge is 0.489 e. The molecular formula is C23H18ClF2NO. The summed E-state index contributed by atoms with van der Waals surface area (Å²) >= 11 is 5.88. The van der Waals surface area contributed by atoms with Crippen molar-refractivity contribution in [2.45, 2.75) is 25.5 Å². The van der Waals surface area contributed by atoms with Crippen molar-refractivity contribution >= 4 is 17.3 Å². The van der Waals surface area contributed by atoms with Crippen LogP contribution < -0.4 is 4.74 Å². The molecule has 4 rings (SSSR count). The van der Waals surface area contributed by atoms with Crippen molar-refractivity contribution in [2.75, 3.05) is 0 Å². The van der Waals surface area contributed by atoms with Gasteiger partial charge in [-0.1, -0.05) is 41.9 Å². The molecule has 0 radical (unpaired) electrons. The van der Waals surface area contributed by atoms with Gasteiger partial charge < -0.3 is 4.74 Å². The number of ether oxygens (including phenoxy) is 1. The van der Waals surface area contributed by atoms with Gasteiger partial charge in [-0.05, 0) is 60.4 Å². The predicted octanol–water partition coefficient (Wildman–Crippen LogP) is 6.52. The molecule has 3 aromatic carbocycles. The molecule has 0 fully saturated rings. The highest BCUT2D eigenvalue weighted by molar-refractivity contribution is 6.30. The topological polar surface area (TPSA) is 21.6 Å². The minimum atomic E-state index is -0.564. The van der Waals surface area contributed by atoms with Gasteiger partial charge in [0.25, 0.3) is 0 Å². The summed E-state index contributed by atoms with van der Waals surface area (Å²) in [5.74, 6) is -0.378. The van der Waals surface area contributed by atoms with E-state index >= 15 is 0 Å². The fraction of sp³-hybridized carbons (Fsp3) is 0.174. The van der Waals surface area contributed by atoms with E-state index in [0.717, 1.165) is 23.3 Å². The zero-order valence-corrected chi connectivity index (χ0v) is 15.8. The third-order valence-electron chi connectivity index (χ3n) is 4.80. The summed E-state index contributed by atoms with van der Waals surface area (Å²) in [6.07, 6.45) is 1.28. The van der Waals surface area contributed by atoms with Gasteiger partial charge in [0.05, 0.1) is 11.6 Å². The molecule has 1 atom stereocenters. The Morgan fingerprint density at radius 1 is 0.929 bits per heavy atom. The van der Waals surface area contributed by atoms with E-state index in [-0.39, 0.29) is 11.6 Å². The van der Waals surface area contributed by atoms with Gasteiger partial charge in [0.15, 0.2) is 0 Å². The van der Waals surface area contributed by atoms with E-state index in [1.165, 1.54) is 18.2 Å². The first-order valence-electron chi connectivity index (χ1n) is 9.08. The summed E-state index contributed by atoms with van der Waals surface area (Å²) in [5.41, 5.74) is 2.52. The summed E-state index contributed by atoms with van der Waals surface area (Å²) in [6.45, 7) is 0.453. The molecule has 1 aliphatic heterocycles. The molecule has 142 valence electrons. The Kier molecular flexibility index (Phi) is 5.40. The first kappa shape index (κ1) is 18.6. The quantitative estimate of drug-likeness (QED) is 0.480. The molecule has 1 aliphatic rings. The fourth-order valence-corrected chi connectivity index (χ4v) is 3.45. The van der Waals surface area contributed by atoms with Crippen molar-refractivity contribution in [2.24, 2.45) is 4.99 Å². The lowest BCUT2D eigenvalue weighted by Crippen LogP contribution is -2.03. The second-order valence-electron chi connectivity index (χ2n) is 6.71. The lowest BCUT2D eigenvalue weighted by molar-refractivity contribution is 0.306. The molecule has 0 aliphatic carbocycles. The van der Waals surface area contributed by atoms with Crippen LogP contribution >= 0.6 is 11.6 Å². The first-order chi connectivity index (χ1) is 13.6. The van der Waals surface area contributed by atoms with E-state index in [1.807, 2.05) is 48.5 Å². The molecule has 0 saturated carbocycles. The van der Waals surface area contributed by atoms with Gasteiger partial charge in [-0.25, -0.2) is 8.78 Å². The Morgan fingerprint density at radius 2 is 1.61 bits per heavy atom. The lowest BCUT2D eigenvalue weighted by atomic mass is 10.0. The summed E-state index contributed by atoms with van der Waals surface area (Å²) in [7, 11) is 0. The molecule has 0 spiro atoms. The van der Waals surface area contributed by atoms with Crippen LogP contribution in [-0.2, 0) is 6.61 Å². The van der Waals surface area contributed by atoms with Crippen LogP contribution in [0.15, 0.2) is 71.7 Å². The normalized spacial score (nSPS) is 16.1. The highest BCUT2D eigenvalue weighted by Crippen LogP contribution is 2.33. The Hall–Kier alpha value is -2.72. The number of nitrogens with zero attached hydrogens (tertiary/aromatic N) is 1. The molecule has 0 saturated heterocycles. The number of hydrogen-bond donors (Lipinski definition) is 0. The van der Waals surface area contributed by atoms with E-state index in [2.05, 4.69) is 4.99 Å². The molecule has 0 amide bonds. The first-order valence-corrected chi connectivity index (χ1v) is 9.46. The standard InChI is InChI=1S/C23H18ClF2NO/c24-17-8-4-15(5-9-17)14-28-18-10-6-16(7-11-18)21-12-13-22(27-21)23-19(25)2-1-3-20(23)26/h1-11,21H,12-14H2. The van der Waals surface area contributed by atoms with Crippen molar-refractivity contribution in [1.29, 1.82) is 0 Å². The summed E-state index contributed by atoms with van der Waals surface area (Å²) in [5, 5.41) is 0.694. The number of halogens is 3. The van der Waals surface area contributed by atoms with Crippen LogP contribution in [0.5, 0.6) is 5.75 Å². The number of rotatable bonds is 5. The van der Waals surface area contributed by atoms with Gasteiger partial charge in [-0.15, -0.1) is 0 Å². The average molecular weight is 398 g/mol. The van der Waals surface area contributed by atoms with Crippen LogP contribution in [-0.4, -0.2) is 5.71 Å². The highest BCUT2D eigenvalue weighted by Gasteiger charge is 2.24. The van der Waals surface area contributed by atoms with E-state index in [4.69, 9.17) is 16.3 Å². The van der Waals surface area contributed by atoms with Crippen molar-refractivity contribution in [1.82, 2.24) is 0 Å². The fourth-order valence-electron chi connectivity index (χ4n) is 3.33. The third-order valence-corrected chi connectivity index (χ3v) is 5.05. The van der Waals surface area contributed by atoms with E-state index in [0.29, 0.717) is 23.8 Å². The van der Waals surface area contributed by atoms with E-state index in [9.17, 15) is 8.78 Å². The maximum atomic E-state index is 14.0. The molecule has 28 heavy (non-hydrogen) atoms. The van der Waals surface area contributed by atoms with Crippen LogP contribution in [0, 0.1) is 11.6 Å². The molecule has 3 aromatic rings. The van der Waals surface area contributed by atoms with Crippen molar-refractivity contribution < 1.29 is 13.5 Å². The van der Waals surface area contributed by atoms with Crippen LogP contribution in [0.4, 0.5) is 8.78 Å². The van der Waals surface area contributed by atoms with Gasteiger partial charge >= 0.3 is 0 Å². The molecule has 0 N–H and O–H groups in total. The Labute approximate surface area is 167 Å². The van der Waals surface area contributed by atoms with Gasteiger partial charge in [0.1, 0.15) is 24.0 Å². The zero-order chi connectivity index (χ0) is 19.5. The molecule has 1 unspecified atom stereocenters. The summed E-state index contributed by atoms with van der Waals surface area (Å²) in [6, 6.07) is 19.0. The Bertz CT molecular complexity index is 980. The van der Waals surface area contributed by atoms with E-state index in [1.54, 1.807) is 0 Å². The minimum Gasteiger partial charge on any atom is -0.489 e. The van der Waals surface area contributed by atoms with Crippen LogP contribution in [0.3, 0.4) is 0 Å². The molecule has 0 aromatic heterocycles. The van der Waals surface area contributed by atoms with Gasteiger partial charge in [0, 0.05) is 10.7 Å². The Morgan fingerprint density at radius 3 is 2.29 bits per heavy atom. The SMILES string of the molecule is Fc1cccc(F)c1C1=NC(c2ccc(OCc3ccc(Cl)cc3)cc2)CC1. The highest BCUT2D eigenvalue weighted by atomic mass is 35.5. The van der Waals surface area contributed by atoms with Crippen molar-refractivity contribution in [3.05, 3.63) is 100 Å². The van der Waals surface area contributed by atoms with Crippen molar-refractivity contribution in [3.63, 3.8) is 0 Å². The maximum absolute atomic E-state index is 14.0. The number of benzene rings is 3. The van der Waals surface area contributed by atoms with Crippen LogP contribution in [0.25, 0.3) is 0 Å². The Balaban J connectivity index is 1.44. The third kappa shape index (κ3) is 4.07. The summed E-state index contributed by atoms with van der Waals surface area (Å²) in [4.78, 5) is 4.57. The minimum absolute atomic E-state index is 0.00656.